The highest BCUT2D eigenvalue weighted by molar-refractivity contribution is 5.79. The summed E-state index contributed by atoms with van der Waals surface area (Å²) in [4.78, 5) is 4.33. The summed E-state index contributed by atoms with van der Waals surface area (Å²) in [5, 5.41) is 11.4. The first-order valence-electron chi connectivity index (χ1n) is 8.39. The van der Waals surface area contributed by atoms with Crippen molar-refractivity contribution in [2.75, 3.05) is 13.6 Å². The summed E-state index contributed by atoms with van der Waals surface area (Å²) < 4.78 is 1.96. The van der Waals surface area contributed by atoms with Crippen molar-refractivity contribution in [2.24, 2.45) is 18.0 Å². The fourth-order valence-corrected chi connectivity index (χ4v) is 2.72. The third-order valence-corrected chi connectivity index (χ3v) is 4.49. The SMILES string of the molecule is CCC(CC)CNC(=NC)NC(C)Cc1c(C)nn(C)c1C. The molecule has 2 N–H and O–H groups in total. The average molecular weight is 307 g/mol. The summed E-state index contributed by atoms with van der Waals surface area (Å²) in [7, 11) is 3.83. The Bertz CT molecular complexity index is 485. The fraction of sp³-hybridized carbons (Fsp3) is 0.765. The monoisotopic (exact) mass is 307 g/mol. The third kappa shape index (κ3) is 5.04. The highest BCUT2D eigenvalue weighted by atomic mass is 15.3. The van der Waals surface area contributed by atoms with Crippen LogP contribution in [0.2, 0.25) is 0 Å². The molecule has 1 unspecified atom stereocenters. The number of aromatic nitrogens is 2. The molecule has 0 saturated heterocycles. The second kappa shape index (κ2) is 8.81. The molecule has 1 heterocycles. The number of hydrogen-bond acceptors (Lipinski definition) is 2. The summed E-state index contributed by atoms with van der Waals surface area (Å²) in [6.07, 6.45) is 3.35. The van der Waals surface area contributed by atoms with Crippen LogP contribution in [0.15, 0.2) is 4.99 Å². The van der Waals surface area contributed by atoms with Crippen molar-refractivity contribution >= 4 is 5.96 Å². The van der Waals surface area contributed by atoms with Gasteiger partial charge in [0.1, 0.15) is 0 Å². The molecule has 0 radical (unpaired) electrons. The smallest absolute Gasteiger partial charge is 0.191 e. The molecule has 1 atom stereocenters. The Balaban J connectivity index is 2.57. The minimum Gasteiger partial charge on any atom is -0.356 e. The number of aliphatic imine (C=N–C) groups is 1. The summed E-state index contributed by atoms with van der Waals surface area (Å²) in [6.45, 7) is 11.9. The molecule has 0 aliphatic heterocycles. The first-order chi connectivity index (χ1) is 10.4. The van der Waals surface area contributed by atoms with E-state index < -0.39 is 0 Å². The van der Waals surface area contributed by atoms with Gasteiger partial charge in [0, 0.05) is 32.4 Å². The molecule has 0 amide bonds. The zero-order valence-corrected chi connectivity index (χ0v) is 15.3. The van der Waals surface area contributed by atoms with Crippen LogP contribution in [0.4, 0.5) is 0 Å². The van der Waals surface area contributed by atoms with Crippen LogP contribution >= 0.6 is 0 Å². The van der Waals surface area contributed by atoms with Crippen LogP contribution in [0.3, 0.4) is 0 Å². The normalized spacial score (nSPS) is 13.5. The first-order valence-corrected chi connectivity index (χ1v) is 8.39. The zero-order chi connectivity index (χ0) is 16.7. The molecule has 0 bridgehead atoms. The predicted molar refractivity (Wildman–Crippen MR) is 94.4 cm³/mol. The number of guanidine groups is 1. The Morgan fingerprint density at radius 1 is 1.27 bits per heavy atom. The maximum atomic E-state index is 4.49. The second-order valence-corrected chi connectivity index (χ2v) is 6.16. The van der Waals surface area contributed by atoms with E-state index in [2.05, 4.69) is 55.3 Å². The number of aryl methyl sites for hydroxylation is 2. The van der Waals surface area contributed by atoms with Crippen molar-refractivity contribution in [2.45, 2.75) is 59.9 Å². The summed E-state index contributed by atoms with van der Waals surface area (Å²) in [5.74, 6) is 1.59. The Morgan fingerprint density at radius 3 is 2.36 bits per heavy atom. The van der Waals surface area contributed by atoms with E-state index in [1.165, 1.54) is 24.1 Å². The van der Waals surface area contributed by atoms with Gasteiger partial charge in [0.05, 0.1) is 5.69 Å². The van der Waals surface area contributed by atoms with Gasteiger partial charge in [-0.05, 0) is 38.7 Å². The lowest BCUT2D eigenvalue weighted by atomic mass is 10.0. The molecule has 5 heteroatoms. The molecule has 0 spiro atoms. The van der Waals surface area contributed by atoms with E-state index in [1.807, 2.05) is 18.8 Å². The van der Waals surface area contributed by atoms with Gasteiger partial charge in [-0.2, -0.15) is 5.10 Å². The Kier molecular flexibility index (Phi) is 7.42. The van der Waals surface area contributed by atoms with E-state index in [-0.39, 0.29) is 0 Å². The lowest BCUT2D eigenvalue weighted by molar-refractivity contribution is 0.479. The summed E-state index contributed by atoms with van der Waals surface area (Å²) in [6, 6.07) is 0.314. The molecule has 1 aromatic rings. The molecule has 1 rings (SSSR count). The standard InChI is InChI=1S/C17H33N5/c1-8-15(9-2)11-19-17(18-6)20-12(3)10-16-13(4)21-22(7)14(16)5/h12,15H,8-11H2,1-7H3,(H2,18,19,20). The average Bonchev–Trinajstić information content (AvgIpc) is 2.73. The van der Waals surface area contributed by atoms with Crippen molar-refractivity contribution < 1.29 is 0 Å². The van der Waals surface area contributed by atoms with Crippen LogP contribution in [0, 0.1) is 19.8 Å². The number of hydrogen-bond donors (Lipinski definition) is 2. The van der Waals surface area contributed by atoms with Crippen molar-refractivity contribution in [3.63, 3.8) is 0 Å². The van der Waals surface area contributed by atoms with Crippen LogP contribution in [0.1, 0.15) is 50.6 Å². The van der Waals surface area contributed by atoms with E-state index >= 15 is 0 Å². The highest BCUT2D eigenvalue weighted by Gasteiger charge is 2.14. The lowest BCUT2D eigenvalue weighted by Crippen LogP contribution is -2.44. The summed E-state index contributed by atoms with van der Waals surface area (Å²) in [5.41, 5.74) is 3.69. The topological polar surface area (TPSA) is 54.2 Å². The molecule has 5 nitrogen and oxygen atoms in total. The third-order valence-electron chi connectivity index (χ3n) is 4.49. The Hall–Kier alpha value is -1.52. The van der Waals surface area contributed by atoms with E-state index in [0.29, 0.717) is 12.0 Å². The van der Waals surface area contributed by atoms with E-state index in [9.17, 15) is 0 Å². The van der Waals surface area contributed by atoms with E-state index in [0.717, 1.165) is 24.6 Å². The van der Waals surface area contributed by atoms with Crippen LogP contribution in [0.5, 0.6) is 0 Å². The van der Waals surface area contributed by atoms with Gasteiger partial charge in [-0.15, -0.1) is 0 Å². The maximum Gasteiger partial charge on any atom is 0.191 e. The predicted octanol–water partition coefficient (Wildman–Crippen LogP) is 2.57. The minimum atomic E-state index is 0.314. The van der Waals surface area contributed by atoms with Crippen LogP contribution in [-0.2, 0) is 13.5 Å². The van der Waals surface area contributed by atoms with Gasteiger partial charge in [0.25, 0.3) is 0 Å². The van der Waals surface area contributed by atoms with Gasteiger partial charge in [-0.3, -0.25) is 9.67 Å². The molecule has 0 aromatic carbocycles. The fourth-order valence-electron chi connectivity index (χ4n) is 2.72. The zero-order valence-electron chi connectivity index (χ0n) is 15.3. The number of nitrogens with zero attached hydrogens (tertiary/aromatic N) is 3. The molecular weight excluding hydrogens is 274 g/mol. The molecule has 22 heavy (non-hydrogen) atoms. The molecule has 126 valence electrons. The molecule has 0 aliphatic rings. The van der Waals surface area contributed by atoms with Crippen LogP contribution < -0.4 is 10.6 Å². The minimum absolute atomic E-state index is 0.314. The maximum absolute atomic E-state index is 4.49. The van der Waals surface area contributed by atoms with Gasteiger partial charge >= 0.3 is 0 Å². The Labute approximate surface area is 135 Å². The van der Waals surface area contributed by atoms with Crippen LogP contribution in [0.25, 0.3) is 0 Å². The summed E-state index contributed by atoms with van der Waals surface area (Å²) >= 11 is 0. The number of rotatable bonds is 7. The lowest BCUT2D eigenvalue weighted by Gasteiger charge is -2.20. The Morgan fingerprint density at radius 2 is 1.91 bits per heavy atom. The second-order valence-electron chi connectivity index (χ2n) is 6.16. The van der Waals surface area contributed by atoms with E-state index in [1.54, 1.807) is 0 Å². The van der Waals surface area contributed by atoms with Gasteiger partial charge in [-0.1, -0.05) is 26.7 Å². The van der Waals surface area contributed by atoms with Gasteiger partial charge in [0.15, 0.2) is 5.96 Å². The van der Waals surface area contributed by atoms with Gasteiger partial charge < -0.3 is 10.6 Å². The van der Waals surface area contributed by atoms with Crippen LogP contribution in [-0.4, -0.2) is 35.4 Å². The molecule has 0 saturated carbocycles. The van der Waals surface area contributed by atoms with E-state index in [4.69, 9.17) is 0 Å². The largest absolute Gasteiger partial charge is 0.356 e. The van der Waals surface area contributed by atoms with Crippen molar-refractivity contribution in [3.05, 3.63) is 17.0 Å². The number of nitrogens with one attached hydrogen (secondary N) is 2. The highest BCUT2D eigenvalue weighted by Crippen LogP contribution is 2.14. The van der Waals surface area contributed by atoms with Crippen molar-refractivity contribution in [1.82, 2.24) is 20.4 Å². The molecule has 1 aromatic heterocycles. The van der Waals surface area contributed by atoms with Crippen molar-refractivity contribution in [3.8, 4) is 0 Å². The first kappa shape index (κ1) is 18.5. The molecule has 0 aliphatic carbocycles. The molecular formula is C17H33N5. The molecule has 0 fully saturated rings. The van der Waals surface area contributed by atoms with Gasteiger partial charge in [0.2, 0.25) is 0 Å². The van der Waals surface area contributed by atoms with Crippen molar-refractivity contribution in [1.29, 1.82) is 0 Å². The quantitative estimate of drug-likeness (QED) is 0.601. The van der Waals surface area contributed by atoms with Gasteiger partial charge in [-0.25, -0.2) is 0 Å².